The molecule has 28 heavy (non-hydrogen) atoms. The Bertz CT molecular complexity index is 1080. The van der Waals surface area contributed by atoms with Crippen LogP contribution in [-0.4, -0.2) is 23.1 Å². The van der Waals surface area contributed by atoms with Gasteiger partial charge in [0.2, 0.25) is 5.71 Å². The van der Waals surface area contributed by atoms with E-state index in [1.165, 1.54) is 12.8 Å². The molecule has 2 aromatic heterocycles. The number of fused-ring (bicyclic) bond motifs is 1. The van der Waals surface area contributed by atoms with Gasteiger partial charge in [-0.1, -0.05) is 67.6 Å². The largest absolute Gasteiger partial charge is 0.437 e. The third kappa shape index (κ3) is 2.95. The van der Waals surface area contributed by atoms with Gasteiger partial charge in [-0.3, -0.25) is 0 Å². The second-order valence-electron chi connectivity index (χ2n) is 7.59. The first-order chi connectivity index (χ1) is 13.8. The Balaban J connectivity index is 1.76. The number of aromatic nitrogens is 2. The minimum atomic E-state index is 0.654. The molecular weight excluding hydrogens is 346 g/mol. The van der Waals surface area contributed by atoms with Crippen LogP contribution in [0.3, 0.4) is 0 Å². The Morgan fingerprint density at radius 1 is 0.857 bits per heavy atom. The van der Waals surface area contributed by atoms with Gasteiger partial charge in [-0.25, -0.2) is 9.97 Å². The number of furan rings is 1. The van der Waals surface area contributed by atoms with E-state index in [9.17, 15) is 0 Å². The average molecular weight is 369 g/mol. The van der Waals surface area contributed by atoms with Gasteiger partial charge in [0.1, 0.15) is 17.9 Å². The second kappa shape index (κ2) is 7.12. The molecule has 4 heteroatoms. The Morgan fingerprint density at radius 2 is 1.50 bits per heavy atom. The normalized spacial score (nSPS) is 15.2. The molecule has 2 aromatic carbocycles. The van der Waals surface area contributed by atoms with Crippen molar-refractivity contribution in [2.24, 2.45) is 5.92 Å². The van der Waals surface area contributed by atoms with E-state index in [0.29, 0.717) is 5.71 Å². The number of anilines is 1. The van der Waals surface area contributed by atoms with Crippen LogP contribution in [0.4, 0.5) is 5.82 Å². The zero-order chi connectivity index (χ0) is 18.9. The van der Waals surface area contributed by atoms with Gasteiger partial charge in [-0.05, 0) is 24.3 Å². The van der Waals surface area contributed by atoms with Crippen molar-refractivity contribution in [3.63, 3.8) is 0 Å². The average Bonchev–Trinajstić information content (AvgIpc) is 3.15. The molecular formula is C24H23N3O. The van der Waals surface area contributed by atoms with Gasteiger partial charge in [0.25, 0.3) is 0 Å². The molecule has 0 saturated carbocycles. The molecule has 1 saturated heterocycles. The van der Waals surface area contributed by atoms with E-state index in [0.717, 1.165) is 52.7 Å². The first-order valence-electron chi connectivity index (χ1n) is 9.94. The molecule has 0 N–H and O–H groups in total. The Morgan fingerprint density at radius 3 is 2.18 bits per heavy atom. The lowest BCUT2D eigenvalue weighted by atomic mass is 9.97. The van der Waals surface area contributed by atoms with Gasteiger partial charge in [0.15, 0.2) is 0 Å². The Kier molecular flexibility index (Phi) is 4.32. The molecule has 0 amide bonds. The van der Waals surface area contributed by atoms with E-state index < -0.39 is 0 Å². The molecule has 0 unspecified atom stereocenters. The maximum absolute atomic E-state index is 6.31. The summed E-state index contributed by atoms with van der Waals surface area (Å²) in [7, 11) is 0. The fraction of sp³-hybridized carbons (Fsp3) is 0.250. The second-order valence-corrected chi connectivity index (χ2v) is 7.59. The minimum absolute atomic E-state index is 0.654. The molecule has 5 rings (SSSR count). The molecule has 3 heterocycles. The highest BCUT2D eigenvalue weighted by molar-refractivity contribution is 6.06. The third-order valence-electron chi connectivity index (χ3n) is 5.65. The van der Waals surface area contributed by atoms with Crippen LogP contribution in [0.1, 0.15) is 19.8 Å². The summed E-state index contributed by atoms with van der Waals surface area (Å²) in [5.74, 6) is 2.61. The first kappa shape index (κ1) is 17.0. The van der Waals surface area contributed by atoms with Crippen molar-refractivity contribution < 1.29 is 4.42 Å². The van der Waals surface area contributed by atoms with Crippen molar-refractivity contribution in [3.8, 4) is 22.5 Å². The minimum Gasteiger partial charge on any atom is -0.437 e. The summed E-state index contributed by atoms with van der Waals surface area (Å²) in [4.78, 5) is 11.6. The summed E-state index contributed by atoms with van der Waals surface area (Å²) in [6.07, 6.45) is 4.01. The van der Waals surface area contributed by atoms with Crippen LogP contribution in [-0.2, 0) is 0 Å². The van der Waals surface area contributed by atoms with Crippen molar-refractivity contribution >= 4 is 16.9 Å². The highest BCUT2D eigenvalue weighted by Crippen LogP contribution is 2.43. The predicted molar refractivity (Wildman–Crippen MR) is 113 cm³/mol. The molecule has 4 aromatic rings. The number of benzene rings is 2. The van der Waals surface area contributed by atoms with Gasteiger partial charge in [0.05, 0.1) is 5.39 Å². The number of piperidine rings is 1. The Labute approximate surface area is 164 Å². The molecule has 140 valence electrons. The summed E-state index contributed by atoms with van der Waals surface area (Å²) in [6.45, 7) is 4.37. The highest BCUT2D eigenvalue weighted by atomic mass is 16.3. The third-order valence-corrected chi connectivity index (χ3v) is 5.65. The summed E-state index contributed by atoms with van der Waals surface area (Å²) >= 11 is 0. The van der Waals surface area contributed by atoms with Gasteiger partial charge < -0.3 is 9.32 Å². The highest BCUT2D eigenvalue weighted by Gasteiger charge is 2.26. The zero-order valence-electron chi connectivity index (χ0n) is 16.0. The monoisotopic (exact) mass is 369 g/mol. The molecule has 0 aliphatic carbocycles. The maximum atomic E-state index is 6.31. The van der Waals surface area contributed by atoms with Crippen LogP contribution in [0.25, 0.3) is 33.6 Å². The number of hydrogen-bond donors (Lipinski definition) is 0. The first-order valence-corrected chi connectivity index (χ1v) is 9.94. The van der Waals surface area contributed by atoms with E-state index in [1.54, 1.807) is 6.33 Å². The number of nitrogens with zero attached hydrogens (tertiary/aromatic N) is 3. The lowest BCUT2D eigenvalue weighted by molar-refractivity contribution is 0.437. The SMILES string of the molecule is CC1CCN(c2ncnc3oc(-c4ccccc4)c(-c4ccccc4)c23)CC1. The van der Waals surface area contributed by atoms with Crippen LogP contribution in [0, 0.1) is 5.92 Å². The summed E-state index contributed by atoms with van der Waals surface area (Å²) in [5.41, 5.74) is 3.91. The van der Waals surface area contributed by atoms with E-state index in [4.69, 9.17) is 9.40 Å². The molecule has 0 radical (unpaired) electrons. The fourth-order valence-electron chi connectivity index (χ4n) is 4.05. The van der Waals surface area contributed by atoms with Crippen molar-refractivity contribution in [3.05, 3.63) is 67.0 Å². The molecule has 1 aliphatic rings. The Hall–Kier alpha value is -3.14. The molecule has 0 bridgehead atoms. The molecule has 1 aliphatic heterocycles. The van der Waals surface area contributed by atoms with Crippen molar-refractivity contribution in [1.29, 1.82) is 0 Å². The smallest absolute Gasteiger partial charge is 0.232 e. The standard InChI is InChI=1S/C24H23N3O/c1-17-12-14-27(15-13-17)23-21-20(18-8-4-2-5-9-18)22(19-10-6-3-7-11-19)28-24(21)26-16-25-23/h2-11,16-17H,12-15H2,1H3. The molecule has 0 spiro atoms. The topological polar surface area (TPSA) is 42.2 Å². The van der Waals surface area contributed by atoms with E-state index in [2.05, 4.69) is 53.2 Å². The summed E-state index contributed by atoms with van der Waals surface area (Å²) in [6, 6.07) is 20.7. The van der Waals surface area contributed by atoms with E-state index in [1.807, 2.05) is 24.3 Å². The fourth-order valence-corrected chi connectivity index (χ4v) is 4.05. The molecule has 0 atom stereocenters. The number of rotatable bonds is 3. The zero-order valence-corrected chi connectivity index (χ0v) is 16.0. The van der Waals surface area contributed by atoms with Gasteiger partial charge in [0, 0.05) is 24.2 Å². The molecule has 1 fully saturated rings. The van der Waals surface area contributed by atoms with Crippen LogP contribution in [0.5, 0.6) is 0 Å². The van der Waals surface area contributed by atoms with Gasteiger partial charge in [-0.2, -0.15) is 0 Å². The maximum Gasteiger partial charge on any atom is 0.232 e. The van der Waals surface area contributed by atoms with Crippen LogP contribution in [0.2, 0.25) is 0 Å². The number of hydrogen-bond acceptors (Lipinski definition) is 4. The quantitative estimate of drug-likeness (QED) is 0.458. The lowest BCUT2D eigenvalue weighted by Crippen LogP contribution is -2.33. The van der Waals surface area contributed by atoms with Crippen LogP contribution < -0.4 is 4.90 Å². The van der Waals surface area contributed by atoms with Crippen molar-refractivity contribution in [2.75, 3.05) is 18.0 Å². The van der Waals surface area contributed by atoms with Gasteiger partial charge >= 0.3 is 0 Å². The van der Waals surface area contributed by atoms with E-state index >= 15 is 0 Å². The summed E-state index contributed by atoms with van der Waals surface area (Å²) < 4.78 is 6.31. The predicted octanol–water partition coefficient (Wildman–Crippen LogP) is 5.79. The van der Waals surface area contributed by atoms with Gasteiger partial charge in [-0.15, -0.1) is 0 Å². The van der Waals surface area contributed by atoms with E-state index in [-0.39, 0.29) is 0 Å². The lowest BCUT2D eigenvalue weighted by Gasteiger charge is -2.31. The van der Waals surface area contributed by atoms with Crippen molar-refractivity contribution in [2.45, 2.75) is 19.8 Å². The molecule has 4 nitrogen and oxygen atoms in total. The van der Waals surface area contributed by atoms with Crippen molar-refractivity contribution in [1.82, 2.24) is 9.97 Å². The van der Waals surface area contributed by atoms with Crippen LogP contribution in [0.15, 0.2) is 71.4 Å². The van der Waals surface area contributed by atoms with Crippen LogP contribution >= 0.6 is 0 Å². The summed E-state index contributed by atoms with van der Waals surface area (Å²) in [5, 5.41) is 1.02.